The normalized spacial score (nSPS) is 30.0. The average molecular weight is 201 g/mol. The Hall–Kier alpha value is 0.350. The fourth-order valence-corrected chi connectivity index (χ4v) is 3.77. The van der Waals surface area contributed by atoms with Crippen LogP contribution in [-0.4, -0.2) is 18.3 Å². The van der Waals surface area contributed by atoms with E-state index in [1.54, 1.807) is 0 Å². The van der Waals surface area contributed by atoms with Crippen LogP contribution in [0.1, 0.15) is 39.5 Å². The third kappa shape index (κ3) is 3.93. The van der Waals surface area contributed by atoms with Crippen LogP contribution in [0.5, 0.6) is 0 Å². The molecule has 0 bridgehead atoms. The van der Waals surface area contributed by atoms with E-state index in [1.165, 1.54) is 31.4 Å². The summed E-state index contributed by atoms with van der Waals surface area (Å²) in [5.74, 6) is 4.51. The summed E-state index contributed by atoms with van der Waals surface area (Å²) >= 11 is 0. The molecular weight excluding hydrogens is 176 g/mol. The van der Waals surface area contributed by atoms with Crippen molar-refractivity contribution in [3.8, 4) is 0 Å². The predicted molar refractivity (Wildman–Crippen MR) is 64.4 cm³/mol. The van der Waals surface area contributed by atoms with Crippen molar-refractivity contribution in [2.75, 3.05) is 18.3 Å². The molecule has 0 spiro atoms. The Bertz CT molecular complexity index is 132. The van der Waals surface area contributed by atoms with Gasteiger partial charge in [0.2, 0.25) is 0 Å². The summed E-state index contributed by atoms with van der Waals surface area (Å²) < 4.78 is 0. The zero-order valence-electron chi connectivity index (χ0n) is 9.68. The van der Waals surface area contributed by atoms with Gasteiger partial charge in [0.05, 0.1) is 12.5 Å². The van der Waals surface area contributed by atoms with Crippen molar-refractivity contribution in [3.05, 3.63) is 0 Å². The first-order valence-corrected chi connectivity index (χ1v) is 7.84. The highest BCUT2D eigenvalue weighted by Gasteiger charge is 2.25. The Kier molecular flexibility index (Phi) is 4.64. The van der Waals surface area contributed by atoms with Crippen molar-refractivity contribution in [3.63, 3.8) is 0 Å². The van der Waals surface area contributed by atoms with Crippen molar-refractivity contribution >= 4 is 10.9 Å². The lowest BCUT2D eigenvalue weighted by Gasteiger charge is -2.29. The van der Waals surface area contributed by atoms with E-state index in [2.05, 4.69) is 26.4 Å². The average Bonchev–Trinajstić information content (AvgIpc) is 2.04. The van der Waals surface area contributed by atoms with Gasteiger partial charge in [0, 0.05) is 5.92 Å². The number of hydrogen-bond acceptors (Lipinski definition) is 0. The quantitative estimate of drug-likeness (QED) is 0.615. The SMILES string of the molecule is CC(C)C1CCC(C[S+](C)C)CC1. The van der Waals surface area contributed by atoms with Gasteiger partial charge in [-0.05, 0) is 48.4 Å². The smallest absolute Gasteiger partial charge is 0.0625 e. The fraction of sp³-hybridized carbons (Fsp3) is 1.00. The van der Waals surface area contributed by atoms with E-state index in [4.69, 9.17) is 0 Å². The van der Waals surface area contributed by atoms with Crippen molar-refractivity contribution in [2.45, 2.75) is 39.5 Å². The topological polar surface area (TPSA) is 0 Å². The first kappa shape index (κ1) is 11.4. The largest absolute Gasteiger partial charge is 0.110 e. The van der Waals surface area contributed by atoms with Crippen LogP contribution in [-0.2, 0) is 10.9 Å². The van der Waals surface area contributed by atoms with Crippen molar-refractivity contribution < 1.29 is 0 Å². The van der Waals surface area contributed by atoms with E-state index < -0.39 is 0 Å². The Balaban J connectivity index is 2.22. The van der Waals surface area contributed by atoms with E-state index in [1.807, 2.05) is 0 Å². The first-order chi connectivity index (χ1) is 6.09. The van der Waals surface area contributed by atoms with Gasteiger partial charge in [-0.2, -0.15) is 0 Å². The monoisotopic (exact) mass is 201 g/mol. The zero-order valence-corrected chi connectivity index (χ0v) is 10.5. The van der Waals surface area contributed by atoms with Gasteiger partial charge in [0.25, 0.3) is 0 Å². The summed E-state index contributed by atoms with van der Waals surface area (Å²) in [6, 6.07) is 0. The lowest BCUT2D eigenvalue weighted by Crippen LogP contribution is -2.23. The molecule has 0 nitrogen and oxygen atoms in total. The van der Waals surface area contributed by atoms with Crippen LogP contribution in [0.2, 0.25) is 0 Å². The molecule has 1 rings (SSSR count). The molecule has 13 heavy (non-hydrogen) atoms. The maximum atomic E-state index is 2.38. The molecule has 78 valence electrons. The van der Waals surface area contributed by atoms with E-state index in [0.29, 0.717) is 10.9 Å². The minimum Gasteiger partial charge on any atom is -0.0625 e. The Morgan fingerprint density at radius 3 is 2.00 bits per heavy atom. The van der Waals surface area contributed by atoms with Gasteiger partial charge in [-0.15, -0.1) is 0 Å². The molecule has 0 aliphatic heterocycles. The molecule has 1 aliphatic rings. The predicted octanol–water partition coefficient (Wildman–Crippen LogP) is 3.33. The zero-order chi connectivity index (χ0) is 9.84. The van der Waals surface area contributed by atoms with Crippen molar-refractivity contribution in [1.82, 2.24) is 0 Å². The second-order valence-corrected chi connectivity index (χ2v) is 7.48. The molecular formula is C12H25S+. The standard InChI is InChI=1S/C12H25S/c1-10(2)12-7-5-11(6-8-12)9-13(3)4/h10-12H,5-9H2,1-4H3/q+1. The number of hydrogen-bond donors (Lipinski definition) is 0. The van der Waals surface area contributed by atoms with Gasteiger partial charge in [-0.3, -0.25) is 0 Å². The molecule has 0 heterocycles. The molecule has 1 heteroatoms. The van der Waals surface area contributed by atoms with Gasteiger partial charge in [0.15, 0.2) is 0 Å². The maximum absolute atomic E-state index is 2.38. The molecule has 1 saturated carbocycles. The van der Waals surface area contributed by atoms with Crippen LogP contribution in [0.4, 0.5) is 0 Å². The third-order valence-electron chi connectivity index (χ3n) is 3.40. The van der Waals surface area contributed by atoms with Crippen molar-refractivity contribution in [2.24, 2.45) is 17.8 Å². The van der Waals surface area contributed by atoms with Crippen LogP contribution in [0.15, 0.2) is 0 Å². The lowest BCUT2D eigenvalue weighted by molar-refractivity contribution is 0.236. The van der Waals surface area contributed by atoms with Gasteiger partial charge in [0.1, 0.15) is 5.75 Å². The van der Waals surface area contributed by atoms with Gasteiger partial charge in [-0.1, -0.05) is 13.8 Å². The minimum atomic E-state index is 0.665. The van der Waals surface area contributed by atoms with Crippen LogP contribution < -0.4 is 0 Å². The second-order valence-electron chi connectivity index (χ2n) is 5.18. The van der Waals surface area contributed by atoms with Crippen molar-refractivity contribution in [1.29, 1.82) is 0 Å². The molecule has 0 aromatic rings. The highest BCUT2D eigenvalue weighted by Crippen LogP contribution is 2.33. The minimum absolute atomic E-state index is 0.665. The second kappa shape index (κ2) is 5.29. The highest BCUT2D eigenvalue weighted by molar-refractivity contribution is 7.95. The van der Waals surface area contributed by atoms with Crippen LogP contribution in [0.3, 0.4) is 0 Å². The van der Waals surface area contributed by atoms with Gasteiger partial charge < -0.3 is 0 Å². The summed E-state index contributed by atoms with van der Waals surface area (Å²) in [4.78, 5) is 0. The summed E-state index contributed by atoms with van der Waals surface area (Å²) in [5.41, 5.74) is 0. The Labute approximate surface area is 86.8 Å². The highest BCUT2D eigenvalue weighted by atomic mass is 32.2. The fourth-order valence-electron chi connectivity index (χ4n) is 2.49. The molecule has 0 radical (unpaired) electrons. The Morgan fingerprint density at radius 1 is 1.08 bits per heavy atom. The summed E-state index contributed by atoms with van der Waals surface area (Å²) in [5, 5.41) is 0. The molecule has 1 aliphatic carbocycles. The lowest BCUT2D eigenvalue weighted by atomic mass is 9.77. The third-order valence-corrected chi connectivity index (χ3v) is 4.54. The molecule has 0 amide bonds. The molecule has 0 aromatic heterocycles. The van der Waals surface area contributed by atoms with E-state index in [0.717, 1.165) is 17.8 Å². The van der Waals surface area contributed by atoms with Crippen LogP contribution in [0, 0.1) is 17.8 Å². The van der Waals surface area contributed by atoms with Crippen LogP contribution >= 0.6 is 0 Å². The van der Waals surface area contributed by atoms with Crippen LogP contribution in [0.25, 0.3) is 0 Å². The maximum Gasteiger partial charge on any atom is 0.110 e. The molecule has 0 saturated heterocycles. The molecule has 1 fully saturated rings. The summed E-state index contributed by atoms with van der Waals surface area (Å²) in [6.45, 7) is 4.77. The van der Waals surface area contributed by atoms with Gasteiger partial charge in [-0.25, -0.2) is 0 Å². The van der Waals surface area contributed by atoms with E-state index in [-0.39, 0.29) is 0 Å². The molecule has 0 N–H and O–H groups in total. The van der Waals surface area contributed by atoms with E-state index >= 15 is 0 Å². The van der Waals surface area contributed by atoms with E-state index in [9.17, 15) is 0 Å². The van der Waals surface area contributed by atoms with Gasteiger partial charge >= 0.3 is 0 Å². The summed E-state index contributed by atoms with van der Waals surface area (Å²) in [6.07, 6.45) is 10.8. The molecule has 0 atom stereocenters. The summed E-state index contributed by atoms with van der Waals surface area (Å²) in [7, 11) is 0.665. The first-order valence-electron chi connectivity index (χ1n) is 5.63. The Morgan fingerprint density at radius 2 is 1.62 bits per heavy atom. The molecule has 0 aromatic carbocycles. The number of rotatable bonds is 3. The molecule has 0 unspecified atom stereocenters.